The van der Waals surface area contributed by atoms with E-state index in [2.05, 4.69) is 59.8 Å². The smallest absolute Gasteiger partial charge is 0.115 e. The van der Waals surface area contributed by atoms with Gasteiger partial charge >= 0.3 is 0 Å². The molecule has 0 saturated heterocycles. The minimum Gasteiger partial charge on any atom is -0.358 e. The first-order valence-electron chi connectivity index (χ1n) is 32.0. The van der Waals surface area contributed by atoms with E-state index >= 15 is 0 Å². The molecule has 0 aliphatic heterocycles. The SMILES string of the molecule is CC.CC.CC.CC.CC.CC.Cc1cc(C)ncn1.Cc1cc(C)ncn1.Cc1cc(C)ncn1.Cc1ccncn1.Cc1ccncn1.Cc1ccncn1.[CH3-].[CH3-].[CH3-].[CH3-].[CH3-].[CH3-].[V].[V].[V].[V].[V].[V].c1ccccc1.c1ccccc1.c1ccccc1.c1ccccc1.c1ccccc1.c1ccccc1. The Hall–Kier alpha value is -6.69. The molecule has 0 atom stereocenters. The van der Waals surface area contributed by atoms with Gasteiger partial charge in [-0.05, 0) is 98.7 Å². The Labute approximate surface area is 717 Å². The van der Waals surface area contributed by atoms with Gasteiger partial charge in [-0.2, -0.15) is 0 Å². The molecule has 0 bridgehead atoms. The molecule has 0 spiro atoms. The van der Waals surface area contributed by atoms with Crippen LogP contribution in [0.15, 0.2) is 311 Å². The number of hydrogen-bond donors (Lipinski definition) is 0. The summed E-state index contributed by atoms with van der Waals surface area (Å²) in [6, 6.07) is 83.4. The zero-order valence-corrected chi connectivity index (χ0v) is 77.4. The molecule has 12 aromatic rings. The van der Waals surface area contributed by atoms with Crippen molar-refractivity contribution in [3.05, 3.63) is 407 Å². The average molecular weight is 1650 g/mol. The van der Waals surface area contributed by atoms with Crippen LogP contribution in [0.5, 0.6) is 0 Å². The summed E-state index contributed by atoms with van der Waals surface area (Å²) in [6.45, 7) is 41.5. The first kappa shape index (κ1) is 144. The Kier molecular flexibility index (Phi) is 179. The predicted molar refractivity (Wildman–Crippen MR) is 440 cm³/mol. The van der Waals surface area contributed by atoms with Crippen molar-refractivity contribution in [3.63, 3.8) is 0 Å². The van der Waals surface area contributed by atoms with E-state index in [0.29, 0.717) is 0 Å². The molecule has 6 aromatic carbocycles. The van der Waals surface area contributed by atoms with Gasteiger partial charge in [0.15, 0.2) is 0 Å². The Balaban J connectivity index is -0.0000000480. The van der Waals surface area contributed by atoms with Crippen molar-refractivity contribution in [1.29, 1.82) is 0 Å². The van der Waals surface area contributed by atoms with Crippen LogP contribution in [0.4, 0.5) is 0 Å². The van der Waals surface area contributed by atoms with Gasteiger partial charge in [-0.15, -0.1) is 0 Å². The van der Waals surface area contributed by atoms with Gasteiger partial charge in [-0.25, -0.2) is 59.8 Å². The van der Waals surface area contributed by atoms with Gasteiger partial charge in [0.2, 0.25) is 0 Å². The first-order chi connectivity index (χ1) is 45.5. The van der Waals surface area contributed by atoms with Crippen LogP contribution >= 0.6 is 0 Å². The van der Waals surface area contributed by atoms with Crippen molar-refractivity contribution in [2.75, 3.05) is 0 Å². The predicted octanol–water partition coefficient (Wildman–Crippen LogP) is 24.6. The maximum atomic E-state index is 3.93. The molecule has 18 heteroatoms. The fourth-order valence-corrected chi connectivity index (χ4v) is 5.14. The van der Waals surface area contributed by atoms with Crippen LogP contribution in [0, 0.1) is 107 Å². The van der Waals surface area contributed by atoms with Crippen molar-refractivity contribution in [3.8, 4) is 0 Å². The molecule has 576 valence electrons. The number of nitrogens with zero attached hydrogens (tertiary/aromatic N) is 12. The van der Waals surface area contributed by atoms with Gasteiger partial charge in [0, 0.05) is 181 Å². The van der Waals surface area contributed by atoms with Gasteiger partial charge in [-0.3, -0.25) is 0 Å². The number of rotatable bonds is 0. The van der Waals surface area contributed by atoms with Crippen LogP contribution < -0.4 is 0 Å². The van der Waals surface area contributed by atoms with Crippen molar-refractivity contribution in [1.82, 2.24) is 59.8 Å². The summed E-state index contributed by atoms with van der Waals surface area (Å²) in [7, 11) is 0. The molecule has 105 heavy (non-hydrogen) atoms. The fourth-order valence-electron chi connectivity index (χ4n) is 5.14. The molecule has 6 radical (unpaired) electrons. The van der Waals surface area contributed by atoms with Crippen molar-refractivity contribution < 1.29 is 111 Å². The van der Waals surface area contributed by atoms with E-state index in [0.717, 1.165) is 51.2 Å². The number of aryl methyl sites for hydroxylation is 9. The van der Waals surface area contributed by atoms with Crippen molar-refractivity contribution in [2.24, 2.45) is 0 Å². The van der Waals surface area contributed by atoms with Gasteiger partial charge in [0.05, 0.1) is 0 Å². The topological polar surface area (TPSA) is 155 Å². The second kappa shape index (κ2) is 130. The van der Waals surface area contributed by atoms with Crippen LogP contribution in [0.3, 0.4) is 0 Å². The first-order valence-corrected chi connectivity index (χ1v) is 32.0. The molecule has 0 unspecified atom stereocenters. The van der Waals surface area contributed by atoms with E-state index in [4.69, 9.17) is 0 Å². The average Bonchev–Trinajstić information content (AvgIpc) is 1.01. The van der Waals surface area contributed by atoms with E-state index in [-0.39, 0.29) is 156 Å². The van der Waals surface area contributed by atoms with E-state index in [1.165, 1.54) is 19.0 Å². The molecule has 0 aliphatic carbocycles. The van der Waals surface area contributed by atoms with Crippen LogP contribution in [0.2, 0.25) is 0 Å². The molecular weight excluding hydrogens is 1520 g/mol. The summed E-state index contributed by atoms with van der Waals surface area (Å²) in [5.74, 6) is 0. The zero-order valence-electron chi connectivity index (χ0n) is 69.0. The Morgan fingerprint density at radius 1 is 0.152 bits per heavy atom. The number of benzene rings is 6. The second-order valence-electron chi connectivity index (χ2n) is 16.4. The summed E-state index contributed by atoms with van der Waals surface area (Å²) in [5, 5.41) is 0. The summed E-state index contributed by atoms with van der Waals surface area (Å²) in [4.78, 5) is 46.4. The molecule has 0 saturated carbocycles. The van der Waals surface area contributed by atoms with Crippen LogP contribution in [-0.4, -0.2) is 59.8 Å². The van der Waals surface area contributed by atoms with Gasteiger partial charge in [0.25, 0.3) is 0 Å². The van der Waals surface area contributed by atoms with Crippen LogP contribution in [-0.2, 0) is 111 Å². The fraction of sp³-hybridized carbons (Fsp3) is 0.241. The van der Waals surface area contributed by atoms with E-state index in [9.17, 15) is 0 Å². The standard InChI is InChI=1S/3C6H8N2.6C6H6.3C5H6N2.6C2H6.6CH3.6V/c3*1-5-3-6(2)8-4-7-5;6*1-2-4-6-5-3-1;3*1-5-2-3-6-4-7-5;6*1-2;;;;;;;;;;;;/h3*3-4H,1-2H3;6*1-6H;3*2-4H,1H3;6*1-2H3;6*1H3;;;;;;/q;;;;;;;;;;;;;;;;;;6*-1;;;;;;. The van der Waals surface area contributed by atoms with Gasteiger partial charge in [0.1, 0.15) is 38.0 Å². The summed E-state index contributed by atoms with van der Waals surface area (Å²) in [6.07, 6.45) is 14.5. The summed E-state index contributed by atoms with van der Waals surface area (Å²) >= 11 is 0. The molecule has 0 amide bonds. The Bertz CT molecular complexity index is 2490. The quantitative estimate of drug-likeness (QED) is 0.133. The summed E-state index contributed by atoms with van der Waals surface area (Å²) < 4.78 is 0. The maximum absolute atomic E-state index is 3.93. The molecule has 6 heterocycles. The van der Waals surface area contributed by atoms with Gasteiger partial charge < -0.3 is 44.6 Å². The molecule has 12 rings (SSSR count). The van der Waals surface area contributed by atoms with Crippen LogP contribution in [0.25, 0.3) is 0 Å². The molecule has 6 aromatic heterocycles. The zero-order chi connectivity index (χ0) is 70.7. The minimum atomic E-state index is 0. The normalized spacial score (nSPS) is 6.94. The maximum Gasteiger partial charge on any atom is 0.115 e. The Morgan fingerprint density at radius 3 is 0.295 bits per heavy atom. The number of hydrogen-bond acceptors (Lipinski definition) is 12. The molecule has 0 N–H and O–H groups in total. The summed E-state index contributed by atoms with van der Waals surface area (Å²) in [5.41, 5.74) is 9.18. The van der Waals surface area contributed by atoms with Crippen molar-refractivity contribution in [2.45, 2.75) is 145 Å². The van der Waals surface area contributed by atoms with E-state index in [1.54, 1.807) is 37.6 Å². The van der Waals surface area contributed by atoms with E-state index < -0.39 is 0 Å². The third-order valence-corrected chi connectivity index (χ3v) is 9.01. The van der Waals surface area contributed by atoms with Crippen LogP contribution in [0.1, 0.15) is 134 Å². The third kappa shape index (κ3) is 127. The van der Waals surface area contributed by atoms with E-state index in [1.807, 2.05) is 400 Å². The molecule has 12 nitrogen and oxygen atoms in total. The largest absolute Gasteiger partial charge is 0.358 e. The van der Waals surface area contributed by atoms with Crippen molar-refractivity contribution >= 4 is 0 Å². The molecular formula is C87H132N12V6-6. The number of aromatic nitrogens is 12. The Morgan fingerprint density at radius 2 is 0.248 bits per heavy atom. The molecule has 0 fully saturated rings. The van der Waals surface area contributed by atoms with Gasteiger partial charge in [-0.1, -0.05) is 301 Å². The third-order valence-electron chi connectivity index (χ3n) is 9.01. The molecule has 0 aliphatic rings. The second-order valence-corrected chi connectivity index (χ2v) is 16.4. The monoisotopic (exact) mass is 1650 g/mol. The minimum absolute atomic E-state index is 0.